The van der Waals surface area contributed by atoms with E-state index >= 15 is 0 Å². The Morgan fingerprint density at radius 3 is 2.75 bits per heavy atom. The number of aliphatic hydroxyl groups excluding tert-OH is 1. The SMILES string of the molecule is Cc1cccc(C#CCO)c1C. The standard InChI is InChI=1S/C11H12O/c1-9-5-3-6-11(10(9)2)7-4-8-12/h3,5-6,12H,8H2,1-2H3. The van der Waals surface area contributed by atoms with Crippen molar-refractivity contribution in [2.24, 2.45) is 0 Å². The van der Waals surface area contributed by atoms with Gasteiger partial charge < -0.3 is 5.11 Å². The van der Waals surface area contributed by atoms with Crippen molar-refractivity contribution < 1.29 is 5.11 Å². The first-order valence-corrected chi connectivity index (χ1v) is 3.91. The van der Waals surface area contributed by atoms with Crippen molar-refractivity contribution in [2.45, 2.75) is 13.8 Å². The van der Waals surface area contributed by atoms with E-state index in [-0.39, 0.29) is 6.61 Å². The fourth-order valence-electron chi connectivity index (χ4n) is 1.02. The summed E-state index contributed by atoms with van der Waals surface area (Å²) >= 11 is 0. The molecule has 1 aromatic rings. The Bertz CT molecular complexity index is 329. The highest BCUT2D eigenvalue weighted by Gasteiger charge is 1.95. The van der Waals surface area contributed by atoms with E-state index in [1.807, 2.05) is 19.1 Å². The molecule has 62 valence electrons. The summed E-state index contributed by atoms with van der Waals surface area (Å²) in [6.07, 6.45) is 0. The fourth-order valence-corrected chi connectivity index (χ4v) is 1.02. The first kappa shape index (κ1) is 8.83. The molecule has 0 bridgehead atoms. The van der Waals surface area contributed by atoms with Gasteiger partial charge in [0.1, 0.15) is 6.61 Å². The fraction of sp³-hybridized carbons (Fsp3) is 0.273. The molecule has 12 heavy (non-hydrogen) atoms. The van der Waals surface area contributed by atoms with E-state index in [2.05, 4.69) is 24.8 Å². The summed E-state index contributed by atoms with van der Waals surface area (Å²) < 4.78 is 0. The molecule has 0 aliphatic rings. The molecular formula is C11H12O. The highest BCUT2D eigenvalue weighted by atomic mass is 16.2. The van der Waals surface area contributed by atoms with Crippen molar-refractivity contribution in [1.82, 2.24) is 0 Å². The number of benzene rings is 1. The molecular weight excluding hydrogens is 148 g/mol. The van der Waals surface area contributed by atoms with Crippen LogP contribution in [0.4, 0.5) is 0 Å². The van der Waals surface area contributed by atoms with Gasteiger partial charge in [0.05, 0.1) is 0 Å². The van der Waals surface area contributed by atoms with Crippen LogP contribution >= 0.6 is 0 Å². The lowest BCUT2D eigenvalue weighted by atomic mass is 10.0. The summed E-state index contributed by atoms with van der Waals surface area (Å²) in [5.74, 6) is 5.54. The van der Waals surface area contributed by atoms with E-state index in [1.165, 1.54) is 11.1 Å². The molecule has 1 rings (SSSR count). The Labute approximate surface area is 73.0 Å². The maximum absolute atomic E-state index is 8.51. The first-order chi connectivity index (χ1) is 5.75. The quantitative estimate of drug-likeness (QED) is 0.572. The van der Waals surface area contributed by atoms with E-state index in [1.54, 1.807) is 0 Å². The second kappa shape index (κ2) is 3.94. The third kappa shape index (κ3) is 1.87. The molecule has 1 nitrogen and oxygen atoms in total. The Balaban J connectivity index is 3.08. The van der Waals surface area contributed by atoms with Gasteiger partial charge >= 0.3 is 0 Å². The van der Waals surface area contributed by atoms with E-state index < -0.39 is 0 Å². The molecule has 0 aliphatic carbocycles. The van der Waals surface area contributed by atoms with Crippen molar-refractivity contribution in [3.05, 3.63) is 34.9 Å². The number of aryl methyl sites for hydroxylation is 1. The van der Waals surface area contributed by atoms with Gasteiger partial charge in [-0.05, 0) is 31.0 Å². The summed E-state index contributed by atoms with van der Waals surface area (Å²) in [6.45, 7) is 4.02. The van der Waals surface area contributed by atoms with Crippen LogP contribution in [0.3, 0.4) is 0 Å². The van der Waals surface area contributed by atoms with Gasteiger partial charge in [-0.1, -0.05) is 24.0 Å². The monoisotopic (exact) mass is 160 g/mol. The average Bonchev–Trinajstić information content (AvgIpc) is 2.08. The molecule has 0 saturated heterocycles. The summed E-state index contributed by atoms with van der Waals surface area (Å²) in [5.41, 5.74) is 3.43. The molecule has 1 N–H and O–H groups in total. The molecule has 0 amide bonds. The summed E-state index contributed by atoms with van der Waals surface area (Å²) in [6, 6.07) is 5.99. The molecule has 0 aliphatic heterocycles. The third-order valence-corrected chi connectivity index (χ3v) is 1.91. The van der Waals surface area contributed by atoms with Crippen LogP contribution in [0.25, 0.3) is 0 Å². The van der Waals surface area contributed by atoms with Gasteiger partial charge in [0.15, 0.2) is 0 Å². The molecule has 0 aromatic heterocycles. The third-order valence-electron chi connectivity index (χ3n) is 1.91. The lowest BCUT2D eigenvalue weighted by Gasteiger charge is -2.00. The Morgan fingerprint density at radius 2 is 2.08 bits per heavy atom. The molecule has 0 unspecified atom stereocenters. The lowest BCUT2D eigenvalue weighted by molar-refractivity contribution is 0.350. The summed E-state index contributed by atoms with van der Waals surface area (Å²) in [7, 11) is 0. The molecule has 0 atom stereocenters. The van der Waals surface area contributed by atoms with Gasteiger partial charge in [-0.2, -0.15) is 0 Å². The second-order valence-corrected chi connectivity index (χ2v) is 2.71. The topological polar surface area (TPSA) is 20.2 Å². The second-order valence-electron chi connectivity index (χ2n) is 2.71. The predicted molar refractivity (Wildman–Crippen MR) is 49.9 cm³/mol. The van der Waals surface area contributed by atoms with Gasteiger partial charge in [-0.25, -0.2) is 0 Å². The van der Waals surface area contributed by atoms with Crippen molar-refractivity contribution >= 4 is 0 Å². The summed E-state index contributed by atoms with van der Waals surface area (Å²) in [5, 5.41) is 8.51. The van der Waals surface area contributed by atoms with Crippen LogP contribution in [-0.4, -0.2) is 11.7 Å². The minimum Gasteiger partial charge on any atom is -0.384 e. The van der Waals surface area contributed by atoms with Crippen molar-refractivity contribution in [1.29, 1.82) is 0 Å². The van der Waals surface area contributed by atoms with Crippen molar-refractivity contribution in [3.63, 3.8) is 0 Å². The van der Waals surface area contributed by atoms with Crippen LogP contribution in [0.1, 0.15) is 16.7 Å². The zero-order chi connectivity index (χ0) is 8.97. The Hall–Kier alpha value is -1.26. The van der Waals surface area contributed by atoms with Gasteiger partial charge in [0.2, 0.25) is 0 Å². The van der Waals surface area contributed by atoms with Crippen LogP contribution < -0.4 is 0 Å². The average molecular weight is 160 g/mol. The van der Waals surface area contributed by atoms with Gasteiger partial charge in [-0.3, -0.25) is 0 Å². The highest BCUT2D eigenvalue weighted by Crippen LogP contribution is 2.10. The van der Waals surface area contributed by atoms with Crippen LogP contribution in [-0.2, 0) is 0 Å². The zero-order valence-electron chi connectivity index (χ0n) is 7.39. The van der Waals surface area contributed by atoms with E-state index in [4.69, 9.17) is 5.11 Å². The van der Waals surface area contributed by atoms with Crippen molar-refractivity contribution in [2.75, 3.05) is 6.61 Å². The zero-order valence-corrected chi connectivity index (χ0v) is 7.39. The maximum atomic E-state index is 8.51. The molecule has 0 fully saturated rings. The smallest absolute Gasteiger partial charge is 0.104 e. The number of hydrogen-bond acceptors (Lipinski definition) is 1. The van der Waals surface area contributed by atoms with Crippen LogP contribution in [0.5, 0.6) is 0 Å². The Morgan fingerprint density at radius 1 is 1.33 bits per heavy atom. The van der Waals surface area contributed by atoms with E-state index in [9.17, 15) is 0 Å². The lowest BCUT2D eigenvalue weighted by Crippen LogP contribution is -1.86. The number of hydrogen-bond donors (Lipinski definition) is 1. The largest absolute Gasteiger partial charge is 0.384 e. The van der Waals surface area contributed by atoms with Crippen LogP contribution in [0, 0.1) is 25.7 Å². The van der Waals surface area contributed by atoms with Gasteiger partial charge in [0, 0.05) is 5.56 Å². The Kier molecular flexibility index (Phi) is 2.90. The molecule has 0 saturated carbocycles. The van der Waals surface area contributed by atoms with E-state index in [0.717, 1.165) is 5.56 Å². The number of aliphatic hydroxyl groups is 1. The minimum atomic E-state index is -0.0760. The van der Waals surface area contributed by atoms with Gasteiger partial charge in [0.25, 0.3) is 0 Å². The molecule has 0 spiro atoms. The molecule has 0 heterocycles. The predicted octanol–water partition coefficient (Wildman–Crippen LogP) is 1.65. The van der Waals surface area contributed by atoms with Crippen molar-refractivity contribution in [3.8, 4) is 11.8 Å². The minimum absolute atomic E-state index is 0.0760. The maximum Gasteiger partial charge on any atom is 0.104 e. The normalized spacial score (nSPS) is 8.92. The number of rotatable bonds is 0. The summed E-state index contributed by atoms with van der Waals surface area (Å²) in [4.78, 5) is 0. The van der Waals surface area contributed by atoms with Crippen LogP contribution in [0.2, 0.25) is 0 Å². The van der Waals surface area contributed by atoms with E-state index in [0.29, 0.717) is 0 Å². The molecule has 0 radical (unpaired) electrons. The highest BCUT2D eigenvalue weighted by molar-refractivity contribution is 5.44. The van der Waals surface area contributed by atoms with Crippen LogP contribution in [0.15, 0.2) is 18.2 Å². The molecule has 1 aromatic carbocycles. The molecule has 1 heteroatoms. The van der Waals surface area contributed by atoms with Gasteiger partial charge in [-0.15, -0.1) is 0 Å². The first-order valence-electron chi connectivity index (χ1n) is 3.91.